The van der Waals surface area contributed by atoms with Gasteiger partial charge in [-0.1, -0.05) is 11.6 Å². The Hall–Kier alpha value is -1.65. The summed E-state index contributed by atoms with van der Waals surface area (Å²) in [6, 6.07) is 7.56. The minimum absolute atomic E-state index is 0.336. The molecule has 0 atom stereocenters. The third kappa shape index (κ3) is 3.22. The lowest BCUT2D eigenvalue weighted by atomic mass is 10.1. The molecule has 2 rings (SSSR count). The molecule has 0 radical (unpaired) electrons. The van der Waals surface area contributed by atoms with Gasteiger partial charge in [-0.05, 0) is 30.7 Å². The Labute approximate surface area is 117 Å². The molecule has 1 aromatic heterocycles. The van der Waals surface area contributed by atoms with Crippen LogP contribution in [-0.2, 0) is 11.3 Å². The number of halogens is 1. The van der Waals surface area contributed by atoms with Crippen molar-refractivity contribution in [3.63, 3.8) is 0 Å². The number of benzene rings is 1. The van der Waals surface area contributed by atoms with E-state index in [2.05, 4.69) is 9.97 Å². The summed E-state index contributed by atoms with van der Waals surface area (Å²) < 4.78 is 10.2. The lowest BCUT2D eigenvalue weighted by Crippen LogP contribution is -1.99. The smallest absolute Gasteiger partial charge is 0.156 e. The minimum Gasteiger partial charge on any atom is -0.497 e. The van der Waals surface area contributed by atoms with Gasteiger partial charge in [0.1, 0.15) is 17.5 Å². The maximum atomic E-state index is 6.02. The molecule has 4 nitrogen and oxygen atoms in total. The second-order valence-corrected chi connectivity index (χ2v) is 4.49. The molecule has 100 valence electrons. The first kappa shape index (κ1) is 13.8. The highest BCUT2D eigenvalue weighted by Crippen LogP contribution is 2.26. The zero-order chi connectivity index (χ0) is 13.8. The summed E-state index contributed by atoms with van der Waals surface area (Å²) in [7, 11) is 3.25. The number of ether oxygens (including phenoxy) is 2. The first-order valence-corrected chi connectivity index (χ1v) is 6.19. The van der Waals surface area contributed by atoms with Gasteiger partial charge < -0.3 is 9.47 Å². The van der Waals surface area contributed by atoms with Crippen LogP contribution in [0, 0.1) is 6.92 Å². The molecule has 0 amide bonds. The largest absolute Gasteiger partial charge is 0.497 e. The van der Waals surface area contributed by atoms with E-state index in [1.807, 2.05) is 25.1 Å². The van der Waals surface area contributed by atoms with Crippen LogP contribution < -0.4 is 4.74 Å². The van der Waals surface area contributed by atoms with Gasteiger partial charge in [0.2, 0.25) is 0 Å². The third-order valence-electron chi connectivity index (χ3n) is 2.72. The molecule has 0 spiro atoms. The van der Waals surface area contributed by atoms with Crippen LogP contribution in [0.1, 0.15) is 11.4 Å². The summed E-state index contributed by atoms with van der Waals surface area (Å²) >= 11 is 6.02. The van der Waals surface area contributed by atoms with E-state index in [1.165, 1.54) is 0 Å². The standard InChI is InChI=1S/C14H15ClN2O2/c1-9-6-10(19-3)4-5-11(9)12-7-13(15)17-14(16-12)8-18-2/h4-7H,8H2,1-3H3. The van der Waals surface area contributed by atoms with Gasteiger partial charge in [-0.3, -0.25) is 0 Å². The molecule has 1 aromatic carbocycles. The van der Waals surface area contributed by atoms with Crippen LogP contribution in [0.2, 0.25) is 5.15 Å². The Morgan fingerprint density at radius 2 is 1.95 bits per heavy atom. The van der Waals surface area contributed by atoms with Crippen molar-refractivity contribution in [2.24, 2.45) is 0 Å². The fourth-order valence-electron chi connectivity index (χ4n) is 1.85. The molecule has 1 heterocycles. The molecule has 0 aliphatic carbocycles. The summed E-state index contributed by atoms with van der Waals surface area (Å²) in [4.78, 5) is 8.57. The molecular weight excluding hydrogens is 264 g/mol. The molecule has 19 heavy (non-hydrogen) atoms. The van der Waals surface area contributed by atoms with Gasteiger partial charge in [-0.2, -0.15) is 0 Å². The van der Waals surface area contributed by atoms with Gasteiger partial charge in [0, 0.05) is 18.7 Å². The van der Waals surface area contributed by atoms with E-state index in [0.717, 1.165) is 22.6 Å². The summed E-state index contributed by atoms with van der Waals surface area (Å²) in [6.07, 6.45) is 0. The zero-order valence-electron chi connectivity index (χ0n) is 11.1. The van der Waals surface area contributed by atoms with Crippen LogP contribution in [0.3, 0.4) is 0 Å². The molecule has 5 heteroatoms. The molecule has 0 N–H and O–H groups in total. The molecule has 0 saturated heterocycles. The van der Waals surface area contributed by atoms with Gasteiger partial charge in [0.25, 0.3) is 0 Å². The Bertz CT molecular complexity index is 588. The van der Waals surface area contributed by atoms with Gasteiger partial charge >= 0.3 is 0 Å². The van der Waals surface area contributed by atoms with Crippen molar-refractivity contribution in [3.05, 3.63) is 40.8 Å². The number of hydrogen-bond acceptors (Lipinski definition) is 4. The van der Waals surface area contributed by atoms with Crippen LogP contribution in [0.25, 0.3) is 11.3 Å². The lowest BCUT2D eigenvalue weighted by Gasteiger charge is -2.09. The Morgan fingerprint density at radius 1 is 1.16 bits per heavy atom. The molecule has 0 unspecified atom stereocenters. The Balaban J connectivity index is 2.46. The van der Waals surface area contributed by atoms with Crippen molar-refractivity contribution in [2.75, 3.05) is 14.2 Å². The molecular formula is C14H15ClN2O2. The van der Waals surface area contributed by atoms with E-state index in [0.29, 0.717) is 17.6 Å². The second kappa shape index (κ2) is 5.99. The summed E-state index contributed by atoms with van der Waals surface area (Å²) in [6.45, 7) is 2.34. The zero-order valence-corrected chi connectivity index (χ0v) is 11.9. The van der Waals surface area contributed by atoms with E-state index in [4.69, 9.17) is 21.1 Å². The maximum absolute atomic E-state index is 6.02. The first-order chi connectivity index (χ1) is 9.13. The fourth-order valence-corrected chi connectivity index (χ4v) is 2.05. The normalized spacial score (nSPS) is 10.5. The third-order valence-corrected chi connectivity index (χ3v) is 2.92. The van der Waals surface area contributed by atoms with E-state index >= 15 is 0 Å². The number of nitrogens with zero attached hydrogens (tertiary/aromatic N) is 2. The van der Waals surface area contributed by atoms with E-state index in [9.17, 15) is 0 Å². The minimum atomic E-state index is 0.336. The topological polar surface area (TPSA) is 44.2 Å². The lowest BCUT2D eigenvalue weighted by molar-refractivity contribution is 0.178. The number of aromatic nitrogens is 2. The van der Waals surface area contributed by atoms with Crippen molar-refractivity contribution >= 4 is 11.6 Å². The predicted octanol–water partition coefficient (Wildman–Crippen LogP) is 3.26. The van der Waals surface area contributed by atoms with Crippen molar-refractivity contribution in [1.82, 2.24) is 9.97 Å². The quantitative estimate of drug-likeness (QED) is 0.805. The van der Waals surface area contributed by atoms with Crippen LogP contribution in [0.4, 0.5) is 0 Å². The second-order valence-electron chi connectivity index (χ2n) is 4.11. The van der Waals surface area contributed by atoms with Crippen molar-refractivity contribution in [1.29, 1.82) is 0 Å². The van der Waals surface area contributed by atoms with E-state index in [-0.39, 0.29) is 0 Å². The molecule has 0 aliphatic rings. The number of methoxy groups -OCH3 is 2. The number of hydrogen-bond donors (Lipinski definition) is 0. The molecule has 0 fully saturated rings. The molecule has 0 bridgehead atoms. The maximum Gasteiger partial charge on any atom is 0.156 e. The highest BCUT2D eigenvalue weighted by atomic mass is 35.5. The van der Waals surface area contributed by atoms with Crippen LogP contribution in [0.5, 0.6) is 5.75 Å². The monoisotopic (exact) mass is 278 g/mol. The average molecular weight is 279 g/mol. The molecule has 0 saturated carbocycles. The summed E-state index contributed by atoms with van der Waals surface area (Å²) in [5.74, 6) is 1.39. The van der Waals surface area contributed by atoms with Crippen molar-refractivity contribution in [2.45, 2.75) is 13.5 Å². The predicted molar refractivity (Wildman–Crippen MR) is 74.5 cm³/mol. The summed E-state index contributed by atoms with van der Waals surface area (Å²) in [5.41, 5.74) is 2.85. The average Bonchev–Trinajstić information content (AvgIpc) is 2.38. The van der Waals surface area contributed by atoms with Crippen molar-refractivity contribution < 1.29 is 9.47 Å². The fraction of sp³-hybridized carbons (Fsp3) is 0.286. The van der Waals surface area contributed by atoms with Gasteiger partial charge in [-0.25, -0.2) is 9.97 Å². The highest BCUT2D eigenvalue weighted by Gasteiger charge is 2.08. The summed E-state index contributed by atoms with van der Waals surface area (Å²) in [5, 5.41) is 0.410. The molecule has 0 aliphatic heterocycles. The Morgan fingerprint density at radius 3 is 2.58 bits per heavy atom. The van der Waals surface area contributed by atoms with Gasteiger partial charge in [-0.15, -0.1) is 0 Å². The molecule has 2 aromatic rings. The highest BCUT2D eigenvalue weighted by molar-refractivity contribution is 6.29. The van der Waals surface area contributed by atoms with Gasteiger partial charge in [0.05, 0.1) is 12.8 Å². The number of aryl methyl sites for hydroxylation is 1. The Kier molecular flexibility index (Phi) is 4.35. The van der Waals surface area contributed by atoms with Gasteiger partial charge in [0.15, 0.2) is 5.82 Å². The van der Waals surface area contributed by atoms with E-state index < -0.39 is 0 Å². The first-order valence-electron chi connectivity index (χ1n) is 5.81. The van der Waals surface area contributed by atoms with Crippen molar-refractivity contribution in [3.8, 4) is 17.0 Å². The SMILES string of the molecule is COCc1nc(Cl)cc(-c2ccc(OC)cc2C)n1. The number of rotatable bonds is 4. The van der Waals surface area contributed by atoms with E-state index in [1.54, 1.807) is 20.3 Å². The van der Waals surface area contributed by atoms with Crippen LogP contribution >= 0.6 is 11.6 Å². The van der Waals surface area contributed by atoms with Crippen LogP contribution in [-0.4, -0.2) is 24.2 Å². The van der Waals surface area contributed by atoms with Crippen LogP contribution in [0.15, 0.2) is 24.3 Å².